The van der Waals surface area contributed by atoms with Crippen molar-refractivity contribution in [2.75, 3.05) is 32.6 Å². The van der Waals surface area contributed by atoms with Crippen LogP contribution in [0, 0.1) is 5.92 Å². The summed E-state index contributed by atoms with van der Waals surface area (Å²) in [5, 5.41) is 6.44. The molecule has 1 aromatic heterocycles. The number of ether oxygens (including phenoxy) is 1. The first-order valence-electron chi connectivity index (χ1n) is 10.7. The molecule has 1 aliphatic rings. The fourth-order valence-electron chi connectivity index (χ4n) is 3.87. The zero-order chi connectivity index (χ0) is 21.5. The molecule has 1 heterocycles. The molecule has 0 aliphatic heterocycles. The maximum atomic E-state index is 12.7. The fraction of sp³-hybridized carbons (Fsp3) is 0.522. The number of hydrogen-bond acceptors (Lipinski definition) is 6. The molecule has 2 aromatic rings. The van der Waals surface area contributed by atoms with E-state index >= 15 is 0 Å². The van der Waals surface area contributed by atoms with E-state index in [4.69, 9.17) is 4.74 Å². The number of carbonyl (C=O) groups excluding carboxylic acids is 1. The Labute approximate surface area is 179 Å². The fourth-order valence-corrected chi connectivity index (χ4v) is 3.87. The predicted octanol–water partition coefficient (Wildman–Crippen LogP) is 3.00. The van der Waals surface area contributed by atoms with Crippen LogP contribution in [-0.2, 0) is 11.3 Å². The van der Waals surface area contributed by atoms with Crippen molar-refractivity contribution < 1.29 is 9.53 Å². The summed E-state index contributed by atoms with van der Waals surface area (Å²) in [6.07, 6.45) is 7.62. The van der Waals surface area contributed by atoms with Gasteiger partial charge >= 0.3 is 0 Å². The van der Waals surface area contributed by atoms with Gasteiger partial charge in [0.1, 0.15) is 5.75 Å². The van der Waals surface area contributed by atoms with E-state index in [2.05, 4.69) is 26.7 Å². The monoisotopic (exact) mass is 411 g/mol. The first-order valence-corrected chi connectivity index (χ1v) is 10.7. The van der Waals surface area contributed by atoms with Gasteiger partial charge in [-0.05, 0) is 57.4 Å². The Bertz CT molecular complexity index is 830. The topological polar surface area (TPSA) is 79.4 Å². The maximum Gasteiger partial charge on any atom is 0.224 e. The molecule has 7 heteroatoms. The first kappa shape index (κ1) is 22.0. The van der Waals surface area contributed by atoms with Crippen molar-refractivity contribution in [2.24, 2.45) is 5.92 Å². The van der Waals surface area contributed by atoms with E-state index in [0.717, 1.165) is 48.1 Å². The summed E-state index contributed by atoms with van der Waals surface area (Å²) >= 11 is 0. The Morgan fingerprint density at radius 3 is 2.43 bits per heavy atom. The van der Waals surface area contributed by atoms with E-state index in [1.54, 1.807) is 0 Å². The molecule has 162 valence electrons. The van der Waals surface area contributed by atoms with E-state index in [1.165, 1.54) is 0 Å². The highest BCUT2D eigenvalue weighted by Crippen LogP contribution is 2.28. The summed E-state index contributed by atoms with van der Waals surface area (Å²) in [5.41, 5.74) is 2.90. The largest absolute Gasteiger partial charge is 0.494 e. The highest BCUT2D eigenvalue weighted by atomic mass is 16.5. The lowest BCUT2D eigenvalue weighted by atomic mass is 9.85. The lowest BCUT2D eigenvalue weighted by Crippen LogP contribution is -2.37. The molecule has 0 bridgehead atoms. The lowest BCUT2D eigenvalue weighted by Gasteiger charge is -2.27. The highest BCUT2D eigenvalue weighted by molar-refractivity contribution is 5.79. The third-order valence-electron chi connectivity index (χ3n) is 5.69. The number of benzene rings is 1. The van der Waals surface area contributed by atoms with Crippen LogP contribution >= 0.6 is 0 Å². The van der Waals surface area contributed by atoms with Crippen molar-refractivity contribution >= 4 is 11.9 Å². The lowest BCUT2D eigenvalue weighted by molar-refractivity contribution is -0.126. The van der Waals surface area contributed by atoms with Crippen LogP contribution in [0.4, 0.5) is 5.95 Å². The van der Waals surface area contributed by atoms with Crippen LogP contribution in [0.25, 0.3) is 11.1 Å². The van der Waals surface area contributed by atoms with Crippen molar-refractivity contribution in [3.63, 3.8) is 0 Å². The number of carbonyl (C=O) groups is 1. The number of amides is 1. The number of rotatable bonds is 8. The van der Waals surface area contributed by atoms with E-state index in [9.17, 15) is 4.79 Å². The van der Waals surface area contributed by atoms with Crippen LogP contribution in [0.1, 0.15) is 38.2 Å². The van der Waals surface area contributed by atoms with E-state index in [-0.39, 0.29) is 11.8 Å². The second-order valence-electron chi connectivity index (χ2n) is 7.98. The number of aromatic nitrogens is 2. The highest BCUT2D eigenvalue weighted by Gasteiger charge is 2.25. The van der Waals surface area contributed by atoms with Crippen LogP contribution in [-0.4, -0.2) is 49.7 Å². The molecule has 0 unspecified atom stereocenters. The second kappa shape index (κ2) is 10.4. The molecule has 1 saturated carbocycles. The Hall–Kier alpha value is -2.67. The van der Waals surface area contributed by atoms with Gasteiger partial charge in [-0.1, -0.05) is 6.07 Å². The minimum absolute atomic E-state index is 0.0975. The van der Waals surface area contributed by atoms with Gasteiger partial charge in [0.2, 0.25) is 11.9 Å². The van der Waals surface area contributed by atoms with Crippen molar-refractivity contribution in [2.45, 2.75) is 45.2 Å². The third-order valence-corrected chi connectivity index (χ3v) is 5.69. The SMILES string of the molecule is CCOc1ccc(-c2cnc(N(C)C)nc2)cc1CNC(=O)C1CCC(NC)CC1. The van der Waals surface area contributed by atoms with Crippen LogP contribution in [0.2, 0.25) is 0 Å². The number of anilines is 1. The molecule has 30 heavy (non-hydrogen) atoms. The molecule has 1 amide bonds. The molecule has 0 spiro atoms. The maximum absolute atomic E-state index is 12.7. The molecule has 3 rings (SSSR count). The van der Waals surface area contributed by atoms with Crippen molar-refractivity contribution in [3.8, 4) is 16.9 Å². The number of hydrogen-bond donors (Lipinski definition) is 2. The minimum atomic E-state index is 0.0975. The smallest absolute Gasteiger partial charge is 0.224 e. The summed E-state index contributed by atoms with van der Waals surface area (Å²) in [5.74, 6) is 1.70. The predicted molar refractivity (Wildman–Crippen MR) is 120 cm³/mol. The van der Waals surface area contributed by atoms with Gasteiger partial charge < -0.3 is 20.3 Å². The number of nitrogens with one attached hydrogen (secondary N) is 2. The molecule has 7 nitrogen and oxygen atoms in total. The molecule has 0 radical (unpaired) electrons. The van der Waals surface area contributed by atoms with Crippen molar-refractivity contribution in [1.29, 1.82) is 0 Å². The molecule has 1 fully saturated rings. The minimum Gasteiger partial charge on any atom is -0.494 e. The van der Waals surface area contributed by atoms with Gasteiger partial charge in [0, 0.05) is 56.1 Å². The zero-order valence-electron chi connectivity index (χ0n) is 18.4. The zero-order valence-corrected chi connectivity index (χ0v) is 18.4. The van der Waals surface area contributed by atoms with Crippen LogP contribution in [0.5, 0.6) is 5.75 Å². The van der Waals surface area contributed by atoms with Gasteiger partial charge in [-0.2, -0.15) is 0 Å². The molecule has 0 atom stereocenters. The third kappa shape index (κ3) is 5.48. The van der Waals surface area contributed by atoms with Gasteiger partial charge in [-0.25, -0.2) is 9.97 Å². The van der Waals surface area contributed by atoms with E-state index in [1.807, 2.05) is 57.5 Å². The van der Waals surface area contributed by atoms with Gasteiger partial charge in [0.15, 0.2) is 0 Å². The summed E-state index contributed by atoms with van der Waals surface area (Å²) in [6.45, 7) is 2.99. The van der Waals surface area contributed by atoms with Gasteiger partial charge in [0.05, 0.1) is 6.61 Å². The Kier molecular flexibility index (Phi) is 7.63. The molecular weight excluding hydrogens is 378 g/mol. The van der Waals surface area contributed by atoms with Crippen LogP contribution in [0.15, 0.2) is 30.6 Å². The Morgan fingerprint density at radius 2 is 1.83 bits per heavy atom. The molecule has 0 saturated heterocycles. The van der Waals surface area contributed by atoms with E-state index in [0.29, 0.717) is 25.1 Å². The summed E-state index contributed by atoms with van der Waals surface area (Å²) in [7, 11) is 5.82. The number of nitrogens with zero attached hydrogens (tertiary/aromatic N) is 3. The van der Waals surface area contributed by atoms with Gasteiger partial charge in [-0.15, -0.1) is 0 Å². The molecule has 1 aromatic carbocycles. The van der Waals surface area contributed by atoms with Gasteiger partial charge in [-0.3, -0.25) is 4.79 Å². The van der Waals surface area contributed by atoms with Crippen molar-refractivity contribution in [3.05, 3.63) is 36.2 Å². The molecule has 2 N–H and O–H groups in total. The summed E-state index contributed by atoms with van der Waals surface area (Å²) in [4.78, 5) is 23.4. The van der Waals surface area contributed by atoms with Crippen LogP contribution < -0.4 is 20.3 Å². The normalized spacial score (nSPS) is 18.7. The summed E-state index contributed by atoms with van der Waals surface area (Å²) in [6, 6.07) is 6.55. The van der Waals surface area contributed by atoms with Crippen LogP contribution in [0.3, 0.4) is 0 Å². The standard InChI is InChI=1S/C23H33N5O2/c1-5-30-21-11-8-17(19-14-26-23(27-15-19)28(3)4)12-18(21)13-25-22(29)16-6-9-20(24-2)10-7-16/h8,11-12,14-16,20,24H,5-7,9-10,13H2,1-4H3,(H,25,29). The van der Waals surface area contributed by atoms with Crippen molar-refractivity contribution in [1.82, 2.24) is 20.6 Å². The first-order chi connectivity index (χ1) is 14.5. The Balaban J connectivity index is 1.71. The summed E-state index contributed by atoms with van der Waals surface area (Å²) < 4.78 is 5.79. The van der Waals surface area contributed by atoms with E-state index < -0.39 is 0 Å². The Morgan fingerprint density at radius 1 is 1.13 bits per heavy atom. The second-order valence-corrected chi connectivity index (χ2v) is 7.98. The molecule has 1 aliphatic carbocycles. The molecular formula is C23H33N5O2. The van der Waals surface area contributed by atoms with Gasteiger partial charge in [0.25, 0.3) is 0 Å². The average molecular weight is 412 g/mol. The average Bonchev–Trinajstić information content (AvgIpc) is 2.78. The quantitative estimate of drug-likeness (QED) is 0.695.